The van der Waals surface area contributed by atoms with E-state index in [2.05, 4.69) is 0 Å². The second-order valence-electron chi connectivity index (χ2n) is 8.24. The van der Waals surface area contributed by atoms with Gasteiger partial charge in [0, 0.05) is 49.7 Å². The SMILES string of the molecule is Cc1ccc(S(=O)(=O)N2CCOC23CCN(C(=O)c2ccc(C)c([N+](=O)[O-])c2)CC3)cc1. The highest BCUT2D eigenvalue weighted by atomic mass is 32.2. The first-order valence-corrected chi connectivity index (χ1v) is 11.9. The maximum atomic E-state index is 13.3. The number of likely N-dealkylation sites (tertiary alicyclic amines) is 1. The first-order valence-electron chi connectivity index (χ1n) is 10.4. The molecule has 2 aliphatic heterocycles. The average molecular weight is 460 g/mol. The molecule has 0 atom stereocenters. The predicted octanol–water partition coefficient (Wildman–Crippen LogP) is 2.87. The van der Waals surface area contributed by atoms with E-state index < -0.39 is 20.7 Å². The molecule has 2 aromatic rings. The first kappa shape index (κ1) is 22.4. The number of aryl methyl sites for hydroxylation is 2. The molecule has 0 aromatic heterocycles. The zero-order valence-electron chi connectivity index (χ0n) is 18.0. The number of carbonyl (C=O) groups excluding carboxylic acids is 1. The molecule has 0 saturated carbocycles. The molecule has 0 radical (unpaired) electrons. The highest BCUT2D eigenvalue weighted by Crippen LogP contribution is 2.38. The van der Waals surface area contributed by atoms with Crippen LogP contribution in [0.3, 0.4) is 0 Å². The summed E-state index contributed by atoms with van der Waals surface area (Å²) in [6, 6.07) is 11.2. The van der Waals surface area contributed by atoms with Crippen molar-refractivity contribution in [2.45, 2.75) is 37.3 Å². The predicted molar refractivity (Wildman–Crippen MR) is 117 cm³/mol. The largest absolute Gasteiger partial charge is 0.358 e. The lowest BCUT2D eigenvalue weighted by molar-refractivity contribution is -0.385. The van der Waals surface area contributed by atoms with E-state index in [1.165, 1.54) is 10.4 Å². The maximum Gasteiger partial charge on any atom is 0.273 e. The van der Waals surface area contributed by atoms with Crippen LogP contribution in [0.1, 0.15) is 34.3 Å². The Bertz CT molecular complexity index is 1150. The summed E-state index contributed by atoms with van der Waals surface area (Å²) < 4.78 is 33.9. The number of carbonyl (C=O) groups is 1. The molecule has 1 amide bonds. The molecular formula is C22H25N3O6S. The van der Waals surface area contributed by atoms with Gasteiger partial charge in [-0.25, -0.2) is 8.42 Å². The first-order chi connectivity index (χ1) is 15.1. The summed E-state index contributed by atoms with van der Waals surface area (Å²) in [5.74, 6) is -0.311. The van der Waals surface area contributed by atoms with Crippen LogP contribution in [0.15, 0.2) is 47.4 Å². The zero-order chi connectivity index (χ0) is 23.1. The Morgan fingerprint density at radius 2 is 1.72 bits per heavy atom. The quantitative estimate of drug-likeness (QED) is 0.514. The Hall–Kier alpha value is -2.82. The minimum absolute atomic E-state index is 0.0983. The maximum absolute atomic E-state index is 13.3. The van der Waals surface area contributed by atoms with E-state index in [4.69, 9.17) is 4.74 Å². The minimum atomic E-state index is -3.74. The molecule has 2 aliphatic rings. The molecule has 9 nitrogen and oxygen atoms in total. The number of amides is 1. The average Bonchev–Trinajstić information content (AvgIpc) is 3.18. The lowest BCUT2D eigenvalue weighted by Gasteiger charge is -2.42. The number of nitro groups is 1. The van der Waals surface area contributed by atoms with Gasteiger partial charge in [-0.3, -0.25) is 14.9 Å². The Balaban J connectivity index is 1.52. The van der Waals surface area contributed by atoms with Crippen molar-refractivity contribution in [2.24, 2.45) is 0 Å². The molecule has 2 saturated heterocycles. The van der Waals surface area contributed by atoms with Crippen molar-refractivity contribution >= 4 is 21.6 Å². The second kappa shape index (κ2) is 8.27. The van der Waals surface area contributed by atoms with Gasteiger partial charge in [0.15, 0.2) is 0 Å². The van der Waals surface area contributed by atoms with Gasteiger partial charge in [0.2, 0.25) is 10.0 Å². The van der Waals surface area contributed by atoms with Gasteiger partial charge in [-0.05, 0) is 32.0 Å². The van der Waals surface area contributed by atoms with Crippen molar-refractivity contribution in [1.29, 1.82) is 0 Å². The van der Waals surface area contributed by atoms with Gasteiger partial charge < -0.3 is 9.64 Å². The topological polar surface area (TPSA) is 110 Å². The Morgan fingerprint density at radius 3 is 2.34 bits per heavy atom. The third-order valence-electron chi connectivity index (χ3n) is 6.21. The molecule has 32 heavy (non-hydrogen) atoms. The van der Waals surface area contributed by atoms with Crippen LogP contribution in [0.4, 0.5) is 5.69 Å². The van der Waals surface area contributed by atoms with Crippen LogP contribution in [-0.2, 0) is 14.8 Å². The number of hydrogen-bond acceptors (Lipinski definition) is 6. The van der Waals surface area contributed by atoms with Crippen molar-refractivity contribution in [3.63, 3.8) is 0 Å². The van der Waals surface area contributed by atoms with Gasteiger partial charge in [0.1, 0.15) is 5.72 Å². The summed E-state index contributed by atoms with van der Waals surface area (Å²) in [5, 5.41) is 11.2. The Labute approximate surface area is 186 Å². The molecule has 0 N–H and O–H groups in total. The lowest BCUT2D eigenvalue weighted by Crippen LogP contribution is -2.55. The standard InChI is InChI=1S/C22H25N3O6S/c1-16-3-7-19(8-4-16)32(29,30)24-13-14-31-22(24)9-11-23(12-10-22)21(26)18-6-5-17(2)20(15-18)25(27)28/h3-8,15H,9-14H2,1-2H3. The van der Waals surface area contributed by atoms with Crippen molar-refractivity contribution in [1.82, 2.24) is 9.21 Å². The van der Waals surface area contributed by atoms with Gasteiger partial charge in [0.05, 0.1) is 16.4 Å². The fraction of sp³-hybridized carbons (Fsp3) is 0.409. The number of ether oxygens (including phenoxy) is 1. The molecule has 0 unspecified atom stereocenters. The summed E-state index contributed by atoms with van der Waals surface area (Å²) in [7, 11) is -3.74. The monoisotopic (exact) mass is 459 g/mol. The fourth-order valence-electron chi connectivity index (χ4n) is 4.35. The molecular weight excluding hydrogens is 434 g/mol. The normalized spacial score (nSPS) is 18.8. The van der Waals surface area contributed by atoms with Gasteiger partial charge >= 0.3 is 0 Å². The van der Waals surface area contributed by atoms with E-state index in [-0.39, 0.29) is 28.6 Å². The third-order valence-corrected chi connectivity index (χ3v) is 8.18. The zero-order valence-corrected chi connectivity index (χ0v) is 18.8. The number of benzene rings is 2. The number of nitrogens with zero attached hydrogens (tertiary/aromatic N) is 3. The Kier molecular flexibility index (Phi) is 5.78. The van der Waals surface area contributed by atoms with Crippen LogP contribution in [0.25, 0.3) is 0 Å². The molecule has 0 aliphatic carbocycles. The van der Waals surface area contributed by atoms with E-state index in [0.717, 1.165) is 5.56 Å². The van der Waals surface area contributed by atoms with Crippen LogP contribution in [-0.4, -0.2) is 60.4 Å². The van der Waals surface area contributed by atoms with Crippen LogP contribution in [0, 0.1) is 24.0 Å². The van der Waals surface area contributed by atoms with Gasteiger partial charge in [-0.1, -0.05) is 23.8 Å². The molecule has 10 heteroatoms. The van der Waals surface area contributed by atoms with Crippen molar-refractivity contribution < 1.29 is 22.9 Å². The smallest absolute Gasteiger partial charge is 0.273 e. The third kappa shape index (κ3) is 3.89. The summed E-state index contributed by atoms with van der Waals surface area (Å²) in [4.78, 5) is 25.5. The molecule has 4 rings (SSSR count). The fourth-order valence-corrected chi connectivity index (χ4v) is 6.07. The number of sulfonamides is 1. The van der Waals surface area contributed by atoms with E-state index >= 15 is 0 Å². The van der Waals surface area contributed by atoms with Crippen molar-refractivity contribution in [3.05, 3.63) is 69.3 Å². The molecule has 2 heterocycles. The van der Waals surface area contributed by atoms with Gasteiger partial charge in [0.25, 0.3) is 11.6 Å². The minimum Gasteiger partial charge on any atom is -0.358 e. The number of rotatable bonds is 4. The molecule has 1 spiro atoms. The summed E-state index contributed by atoms with van der Waals surface area (Å²) >= 11 is 0. The van der Waals surface area contributed by atoms with E-state index in [0.29, 0.717) is 38.1 Å². The van der Waals surface area contributed by atoms with Crippen LogP contribution >= 0.6 is 0 Å². The molecule has 2 fully saturated rings. The second-order valence-corrected chi connectivity index (χ2v) is 10.1. The number of piperidine rings is 1. The van der Waals surface area contributed by atoms with E-state index in [1.54, 1.807) is 48.2 Å². The van der Waals surface area contributed by atoms with Crippen molar-refractivity contribution in [3.8, 4) is 0 Å². The molecule has 170 valence electrons. The van der Waals surface area contributed by atoms with Gasteiger partial charge in [-0.15, -0.1) is 0 Å². The van der Waals surface area contributed by atoms with Crippen LogP contribution < -0.4 is 0 Å². The summed E-state index contributed by atoms with van der Waals surface area (Å²) in [5.41, 5.74) is 0.619. The number of hydrogen-bond donors (Lipinski definition) is 0. The van der Waals surface area contributed by atoms with Crippen molar-refractivity contribution in [2.75, 3.05) is 26.2 Å². The van der Waals surface area contributed by atoms with Gasteiger partial charge in [-0.2, -0.15) is 4.31 Å². The summed E-state index contributed by atoms with van der Waals surface area (Å²) in [6.45, 7) is 4.65. The summed E-state index contributed by atoms with van der Waals surface area (Å²) in [6.07, 6.45) is 0.662. The van der Waals surface area contributed by atoms with Crippen LogP contribution in [0.5, 0.6) is 0 Å². The van der Waals surface area contributed by atoms with E-state index in [1.807, 2.05) is 6.92 Å². The highest BCUT2D eigenvalue weighted by Gasteiger charge is 2.51. The highest BCUT2D eigenvalue weighted by molar-refractivity contribution is 7.89. The molecule has 0 bridgehead atoms. The van der Waals surface area contributed by atoms with E-state index in [9.17, 15) is 23.3 Å². The van der Waals surface area contributed by atoms with Crippen LogP contribution in [0.2, 0.25) is 0 Å². The molecule has 2 aromatic carbocycles. The lowest BCUT2D eigenvalue weighted by atomic mass is 9.99. The Morgan fingerprint density at radius 1 is 1.06 bits per heavy atom. The number of nitro benzene ring substituents is 1.